The molecule has 0 saturated heterocycles. The minimum absolute atomic E-state index is 0.152. The molecule has 0 aliphatic rings. The molecule has 0 aliphatic heterocycles. The first-order valence-electron chi connectivity index (χ1n) is 5.93. The van der Waals surface area contributed by atoms with Gasteiger partial charge in [-0.1, -0.05) is 12.1 Å². The van der Waals surface area contributed by atoms with E-state index < -0.39 is 0 Å². The van der Waals surface area contributed by atoms with E-state index in [1.807, 2.05) is 35.1 Å². The van der Waals surface area contributed by atoms with Gasteiger partial charge in [0.1, 0.15) is 6.07 Å². The number of nitrogens with two attached hydrogens (primary N) is 1. The van der Waals surface area contributed by atoms with Crippen molar-refractivity contribution in [1.29, 1.82) is 10.7 Å². The van der Waals surface area contributed by atoms with Crippen LogP contribution in [0, 0.1) is 16.7 Å². The second-order valence-electron chi connectivity index (χ2n) is 4.15. The van der Waals surface area contributed by atoms with Crippen molar-refractivity contribution >= 4 is 33.2 Å². The van der Waals surface area contributed by atoms with Crippen molar-refractivity contribution in [3.8, 4) is 6.07 Å². The van der Waals surface area contributed by atoms with E-state index in [9.17, 15) is 0 Å². The molecule has 0 amide bonds. The van der Waals surface area contributed by atoms with Crippen LogP contribution in [0.5, 0.6) is 0 Å². The minimum atomic E-state index is -0.370. The molecule has 0 fully saturated rings. The van der Waals surface area contributed by atoms with Gasteiger partial charge in [0.25, 0.3) is 0 Å². The maximum absolute atomic E-state index is 8.73. The number of hydrogen-bond donors (Lipinski definition) is 3. The highest BCUT2D eigenvalue weighted by Crippen LogP contribution is 2.12. The van der Waals surface area contributed by atoms with E-state index in [1.165, 1.54) is 0 Å². The van der Waals surface area contributed by atoms with Crippen LogP contribution in [0.4, 0.5) is 5.69 Å². The van der Waals surface area contributed by atoms with Crippen molar-refractivity contribution in [2.45, 2.75) is 6.54 Å². The number of hydrogen-bond acceptors (Lipinski definition) is 5. The van der Waals surface area contributed by atoms with Crippen molar-refractivity contribution in [2.24, 2.45) is 10.8 Å². The average Bonchev–Trinajstić information content (AvgIpc) is 2.86. The van der Waals surface area contributed by atoms with Crippen LogP contribution in [-0.2, 0) is 6.54 Å². The molecule has 0 unspecified atom stereocenters. The van der Waals surface area contributed by atoms with Gasteiger partial charge < -0.3 is 5.73 Å². The van der Waals surface area contributed by atoms with E-state index >= 15 is 0 Å². The van der Waals surface area contributed by atoms with Gasteiger partial charge in [-0.3, -0.25) is 15.5 Å². The van der Waals surface area contributed by atoms with Gasteiger partial charge >= 0.3 is 0 Å². The lowest BCUT2D eigenvalue weighted by Crippen LogP contribution is -2.21. The molecule has 0 aliphatic carbocycles. The fourth-order valence-corrected chi connectivity index (χ4v) is 1.89. The summed E-state index contributed by atoms with van der Waals surface area (Å²) in [6, 6.07) is 9.24. The van der Waals surface area contributed by atoms with Crippen LogP contribution in [0.1, 0.15) is 5.56 Å². The maximum Gasteiger partial charge on any atom is 0.201 e. The van der Waals surface area contributed by atoms with E-state index in [1.54, 1.807) is 12.3 Å². The number of amidine groups is 1. The zero-order valence-electron chi connectivity index (χ0n) is 10.9. The van der Waals surface area contributed by atoms with E-state index in [-0.39, 0.29) is 11.5 Å². The van der Waals surface area contributed by atoms with Crippen LogP contribution in [0.3, 0.4) is 0 Å². The lowest BCUT2D eigenvalue weighted by Gasteiger charge is -2.04. The minimum Gasteiger partial charge on any atom is -0.382 e. The third-order valence-electron chi connectivity index (χ3n) is 2.56. The van der Waals surface area contributed by atoms with E-state index in [4.69, 9.17) is 16.4 Å². The van der Waals surface area contributed by atoms with Crippen molar-refractivity contribution < 1.29 is 0 Å². The van der Waals surface area contributed by atoms with E-state index in [0.29, 0.717) is 12.2 Å². The molecule has 7 nitrogen and oxygen atoms in total. The molecular formula is C13H12BrN7. The zero-order chi connectivity index (χ0) is 15.2. The van der Waals surface area contributed by atoms with Gasteiger partial charge in [0.15, 0.2) is 5.84 Å². The summed E-state index contributed by atoms with van der Waals surface area (Å²) >= 11 is 3.35. The monoisotopic (exact) mass is 345 g/mol. The summed E-state index contributed by atoms with van der Waals surface area (Å²) in [5.41, 5.74) is 9.51. The van der Waals surface area contributed by atoms with E-state index in [0.717, 1.165) is 10.0 Å². The Morgan fingerprint density at radius 2 is 2.19 bits per heavy atom. The van der Waals surface area contributed by atoms with Crippen LogP contribution in [0.15, 0.2) is 46.2 Å². The molecule has 0 spiro atoms. The number of halogens is 1. The summed E-state index contributed by atoms with van der Waals surface area (Å²) in [7, 11) is 0. The molecule has 0 atom stereocenters. The Kier molecular flexibility index (Phi) is 4.68. The molecule has 8 heteroatoms. The average molecular weight is 346 g/mol. The smallest absolute Gasteiger partial charge is 0.201 e. The van der Waals surface area contributed by atoms with Gasteiger partial charge in [-0.15, -0.1) is 0 Å². The lowest BCUT2D eigenvalue weighted by molar-refractivity contribution is 0.686. The normalized spacial score (nSPS) is 11.0. The van der Waals surface area contributed by atoms with Gasteiger partial charge in [-0.05, 0) is 33.6 Å². The summed E-state index contributed by atoms with van der Waals surface area (Å²) < 4.78 is 2.75. The number of rotatable bonds is 5. The molecule has 1 aromatic carbocycles. The largest absolute Gasteiger partial charge is 0.382 e. The van der Waals surface area contributed by atoms with Crippen molar-refractivity contribution in [1.82, 2.24) is 9.78 Å². The van der Waals surface area contributed by atoms with Crippen molar-refractivity contribution in [3.05, 3.63) is 46.7 Å². The van der Waals surface area contributed by atoms with Crippen molar-refractivity contribution in [2.75, 3.05) is 5.43 Å². The quantitative estimate of drug-likeness (QED) is 0.436. The summed E-state index contributed by atoms with van der Waals surface area (Å²) in [5, 5.41) is 23.8. The molecule has 0 bridgehead atoms. The lowest BCUT2D eigenvalue weighted by atomic mass is 10.2. The Hall–Kier alpha value is -2.66. The Labute approximate surface area is 129 Å². The van der Waals surface area contributed by atoms with Gasteiger partial charge in [0.2, 0.25) is 5.71 Å². The van der Waals surface area contributed by atoms with Gasteiger partial charge in [0.05, 0.1) is 22.9 Å². The first-order chi connectivity index (χ1) is 10.1. The van der Waals surface area contributed by atoms with Crippen molar-refractivity contribution in [3.63, 3.8) is 0 Å². The number of nitriles is 1. The topological polar surface area (TPSA) is 116 Å². The number of nitrogens with zero attached hydrogens (tertiary/aromatic N) is 4. The molecule has 106 valence electrons. The number of hydrazone groups is 1. The molecular weight excluding hydrogens is 334 g/mol. The SMILES string of the molecule is N#C/C(=N\Nc1ccc(Cn2cc(Br)cn2)cc1)C(=N)N. The first kappa shape index (κ1) is 14.7. The fourth-order valence-electron chi connectivity index (χ4n) is 1.56. The third kappa shape index (κ3) is 4.15. The molecule has 4 N–H and O–H groups in total. The molecule has 0 saturated carbocycles. The van der Waals surface area contributed by atoms with Crippen LogP contribution >= 0.6 is 15.9 Å². The second kappa shape index (κ2) is 6.67. The van der Waals surface area contributed by atoms with Gasteiger partial charge in [-0.2, -0.15) is 15.5 Å². The summed E-state index contributed by atoms with van der Waals surface area (Å²) in [6.07, 6.45) is 3.62. The summed E-state index contributed by atoms with van der Waals surface area (Å²) in [5.74, 6) is -0.370. The second-order valence-corrected chi connectivity index (χ2v) is 5.07. The number of aromatic nitrogens is 2. The van der Waals surface area contributed by atoms with Gasteiger partial charge in [-0.25, -0.2) is 0 Å². The Morgan fingerprint density at radius 3 is 2.71 bits per heavy atom. The molecule has 21 heavy (non-hydrogen) atoms. The third-order valence-corrected chi connectivity index (χ3v) is 2.97. The number of benzene rings is 1. The predicted molar refractivity (Wildman–Crippen MR) is 84.1 cm³/mol. The van der Waals surface area contributed by atoms with Gasteiger partial charge in [0, 0.05) is 6.20 Å². The Balaban J connectivity index is 2.02. The Morgan fingerprint density at radius 1 is 1.48 bits per heavy atom. The summed E-state index contributed by atoms with van der Waals surface area (Å²) in [6.45, 7) is 0.659. The first-order valence-corrected chi connectivity index (χ1v) is 6.73. The highest BCUT2D eigenvalue weighted by Gasteiger charge is 2.01. The number of anilines is 1. The highest BCUT2D eigenvalue weighted by atomic mass is 79.9. The predicted octanol–water partition coefficient (Wildman–Crippen LogP) is 1.92. The summed E-state index contributed by atoms with van der Waals surface area (Å²) in [4.78, 5) is 0. The van der Waals surface area contributed by atoms with Crippen LogP contribution in [0.2, 0.25) is 0 Å². The van der Waals surface area contributed by atoms with Crippen LogP contribution in [-0.4, -0.2) is 21.3 Å². The molecule has 2 aromatic rings. The number of nitrogens with one attached hydrogen (secondary N) is 2. The fraction of sp³-hybridized carbons (Fsp3) is 0.0769. The highest BCUT2D eigenvalue weighted by molar-refractivity contribution is 9.10. The molecule has 1 heterocycles. The molecule has 0 radical (unpaired) electrons. The molecule has 1 aromatic heterocycles. The Bertz CT molecular complexity index is 709. The van der Waals surface area contributed by atoms with Crippen LogP contribution < -0.4 is 11.2 Å². The van der Waals surface area contributed by atoms with E-state index in [2.05, 4.69) is 31.6 Å². The zero-order valence-corrected chi connectivity index (χ0v) is 12.5. The molecule has 2 rings (SSSR count). The standard InChI is InChI=1S/C13H12BrN7/c14-10-6-18-21(8-10)7-9-1-3-11(4-2-9)19-20-12(5-15)13(16)17/h1-4,6,8,19H,7H2,(H3,16,17)/b20-12+. The maximum atomic E-state index is 8.73. The van der Waals surface area contributed by atoms with Crippen LogP contribution in [0.25, 0.3) is 0 Å².